The van der Waals surface area contributed by atoms with Crippen LogP contribution in [0.2, 0.25) is 0 Å². The fourth-order valence-electron chi connectivity index (χ4n) is 1.92. The summed E-state index contributed by atoms with van der Waals surface area (Å²) < 4.78 is 12.9. The molecular formula is C12H22N4O2. The van der Waals surface area contributed by atoms with E-state index in [4.69, 9.17) is 15.2 Å². The van der Waals surface area contributed by atoms with Crippen molar-refractivity contribution in [2.45, 2.75) is 51.5 Å². The maximum Gasteiger partial charge on any atom is 0.157 e. The van der Waals surface area contributed by atoms with E-state index in [1.807, 2.05) is 13.1 Å². The Bertz CT molecular complexity index is 350. The van der Waals surface area contributed by atoms with Crippen LogP contribution in [0.4, 0.5) is 0 Å². The van der Waals surface area contributed by atoms with Gasteiger partial charge in [0.05, 0.1) is 31.1 Å². The molecule has 2 atom stereocenters. The van der Waals surface area contributed by atoms with E-state index in [-0.39, 0.29) is 12.3 Å². The van der Waals surface area contributed by atoms with Crippen LogP contribution >= 0.6 is 0 Å². The number of hydrogen-bond donors (Lipinski definition) is 1. The summed E-state index contributed by atoms with van der Waals surface area (Å²) in [6.07, 6.45) is 6.03. The van der Waals surface area contributed by atoms with Crippen LogP contribution in [0.3, 0.4) is 0 Å². The third-order valence-electron chi connectivity index (χ3n) is 3.14. The van der Waals surface area contributed by atoms with E-state index in [1.165, 1.54) is 6.42 Å². The molecule has 0 saturated carbocycles. The summed E-state index contributed by atoms with van der Waals surface area (Å²) in [6.45, 7) is 4.12. The molecule has 0 spiro atoms. The van der Waals surface area contributed by atoms with Gasteiger partial charge >= 0.3 is 0 Å². The van der Waals surface area contributed by atoms with Gasteiger partial charge in [0.2, 0.25) is 0 Å². The van der Waals surface area contributed by atoms with Crippen molar-refractivity contribution in [3.8, 4) is 0 Å². The molecule has 2 N–H and O–H groups in total. The van der Waals surface area contributed by atoms with Crippen molar-refractivity contribution in [1.82, 2.24) is 15.0 Å². The van der Waals surface area contributed by atoms with E-state index in [0.29, 0.717) is 13.2 Å². The zero-order chi connectivity index (χ0) is 12.8. The number of ether oxygens (including phenoxy) is 2. The Balaban J connectivity index is 1.71. The fraction of sp³-hybridized carbons (Fsp3) is 0.833. The van der Waals surface area contributed by atoms with Gasteiger partial charge in [-0.05, 0) is 25.7 Å². The highest BCUT2D eigenvalue weighted by Crippen LogP contribution is 2.13. The van der Waals surface area contributed by atoms with Gasteiger partial charge in [0.1, 0.15) is 0 Å². The first-order valence-corrected chi connectivity index (χ1v) is 6.68. The van der Waals surface area contributed by atoms with E-state index < -0.39 is 0 Å². The zero-order valence-corrected chi connectivity index (χ0v) is 10.9. The summed E-state index contributed by atoms with van der Waals surface area (Å²) in [5, 5.41) is 8.09. The lowest BCUT2D eigenvalue weighted by molar-refractivity contribution is -0.163. The van der Waals surface area contributed by atoms with Gasteiger partial charge in [0.15, 0.2) is 6.29 Å². The van der Waals surface area contributed by atoms with Gasteiger partial charge in [-0.1, -0.05) is 12.1 Å². The third kappa shape index (κ3) is 3.76. The lowest BCUT2D eigenvalue weighted by Crippen LogP contribution is -2.24. The Hall–Kier alpha value is -0.980. The summed E-state index contributed by atoms with van der Waals surface area (Å²) in [7, 11) is 0. The van der Waals surface area contributed by atoms with Gasteiger partial charge in [-0.25, -0.2) is 4.68 Å². The predicted octanol–water partition coefficient (Wildman–Crippen LogP) is 1.23. The van der Waals surface area contributed by atoms with Crippen molar-refractivity contribution in [3.05, 3.63) is 11.9 Å². The second-order valence-corrected chi connectivity index (χ2v) is 4.59. The van der Waals surface area contributed by atoms with Crippen molar-refractivity contribution in [1.29, 1.82) is 0 Å². The molecule has 1 aliphatic heterocycles. The van der Waals surface area contributed by atoms with Gasteiger partial charge in [-0.3, -0.25) is 0 Å². The normalized spacial score (nSPS) is 22.0. The molecule has 0 bridgehead atoms. The molecule has 102 valence electrons. The Kier molecular flexibility index (Phi) is 5.10. The highest BCUT2D eigenvalue weighted by molar-refractivity contribution is 4.98. The maximum absolute atomic E-state index is 5.89. The summed E-state index contributed by atoms with van der Waals surface area (Å²) in [6, 6.07) is -0.0265. The summed E-state index contributed by atoms with van der Waals surface area (Å²) in [5.74, 6) is 0. The van der Waals surface area contributed by atoms with E-state index >= 15 is 0 Å². The van der Waals surface area contributed by atoms with Gasteiger partial charge in [0, 0.05) is 6.61 Å². The Labute approximate surface area is 107 Å². The predicted molar refractivity (Wildman–Crippen MR) is 66.8 cm³/mol. The van der Waals surface area contributed by atoms with Crippen LogP contribution in [0.5, 0.6) is 0 Å². The SMILES string of the molecule is CCC(N)c1cn(CCOC2CCCCO2)nn1. The molecule has 18 heavy (non-hydrogen) atoms. The zero-order valence-electron chi connectivity index (χ0n) is 10.9. The van der Waals surface area contributed by atoms with Crippen molar-refractivity contribution < 1.29 is 9.47 Å². The monoisotopic (exact) mass is 254 g/mol. The number of rotatable bonds is 6. The maximum atomic E-state index is 5.89. The number of nitrogens with two attached hydrogens (primary N) is 1. The first kappa shape index (κ1) is 13.5. The summed E-state index contributed by atoms with van der Waals surface area (Å²) in [4.78, 5) is 0. The fourth-order valence-corrected chi connectivity index (χ4v) is 1.92. The van der Waals surface area contributed by atoms with E-state index in [1.54, 1.807) is 4.68 Å². The average molecular weight is 254 g/mol. The van der Waals surface area contributed by atoms with E-state index in [9.17, 15) is 0 Å². The van der Waals surface area contributed by atoms with Crippen molar-refractivity contribution in [3.63, 3.8) is 0 Å². The first-order valence-electron chi connectivity index (χ1n) is 6.68. The van der Waals surface area contributed by atoms with Crippen LogP contribution in [0.15, 0.2) is 6.20 Å². The van der Waals surface area contributed by atoms with Crippen molar-refractivity contribution >= 4 is 0 Å². The molecule has 0 amide bonds. The Morgan fingerprint density at radius 1 is 1.61 bits per heavy atom. The molecule has 6 nitrogen and oxygen atoms in total. The van der Waals surface area contributed by atoms with Crippen LogP contribution in [0, 0.1) is 0 Å². The smallest absolute Gasteiger partial charge is 0.157 e. The second-order valence-electron chi connectivity index (χ2n) is 4.59. The molecule has 0 radical (unpaired) electrons. The standard InChI is InChI=1S/C12H22N4O2/c1-2-10(13)11-9-16(15-14-11)6-8-18-12-5-3-4-7-17-12/h9-10,12H,2-8,13H2,1H3. The first-order chi connectivity index (χ1) is 8.79. The highest BCUT2D eigenvalue weighted by atomic mass is 16.7. The topological polar surface area (TPSA) is 75.2 Å². The molecule has 2 rings (SSSR count). The van der Waals surface area contributed by atoms with E-state index in [0.717, 1.165) is 31.6 Å². The lowest BCUT2D eigenvalue weighted by atomic mass is 10.2. The minimum absolute atomic E-state index is 0.0265. The summed E-state index contributed by atoms with van der Waals surface area (Å²) in [5.41, 5.74) is 6.73. The molecule has 2 unspecified atom stereocenters. The third-order valence-corrected chi connectivity index (χ3v) is 3.14. The second kappa shape index (κ2) is 6.82. The average Bonchev–Trinajstić information content (AvgIpc) is 2.88. The summed E-state index contributed by atoms with van der Waals surface area (Å²) >= 11 is 0. The Morgan fingerprint density at radius 2 is 2.50 bits per heavy atom. The minimum Gasteiger partial charge on any atom is -0.353 e. The molecule has 1 aromatic rings. The molecule has 1 fully saturated rings. The molecule has 6 heteroatoms. The van der Waals surface area contributed by atoms with Crippen LogP contribution in [-0.2, 0) is 16.0 Å². The van der Waals surface area contributed by atoms with Gasteiger partial charge in [0.25, 0.3) is 0 Å². The minimum atomic E-state index is -0.0420. The molecule has 0 aromatic carbocycles. The van der Waals surface area contributed by atoms with Crippen LogP contribution in [0.1, 0.15) is 44.3 Å². The molecule has 1 aromatic heterocycles. The quantitative estimate of drug-likeness (QED) is 0.826. The van der Waals surface area contributed by atoms with Crippen molar-refractivity contribution in [2.75, 3.05) is 13.2 Å². The number of aromatic nitrogens is 3. The molecule has 0 aliphatic carbocycles. The lowest BCUT2D eigenvalue weighted by Gasteiger charge is -2.22. The van der Waals surface area contributed by atoms with Gasteiger partial charge in [-0.15, -0.1) is 5.10 Å². The van der Waals surface area contributed by atoms with Gasteiger partial charge in [-0.2, -0.15) is 0 Å². The highest BCUT2D eigenvalue weighted by Gasteiger charge is 2.14. The van der Waals surface area contributed by atoms with Crippen LogP contribution < -0.4 is 5.73 Å². The molecular weight excluding hydrogens is 232 g/mol. The van der Waals surface area contributed by atoms with Gasteiger partial charge < -0.3 is 15.2 Å². The number of nitrogens with zero attached hydrogens (tertiary/aromatic N) is 3. The largest absolute Gasteiger partial charge is 0.353 e. The van der Waals surface area contributed by atoms with E-state index in [2.05, 4.69) is 10.3 Å². The Morgan fingerprint density at radius 3 is 3.22 bits per heavy atom. The molecule has 2 heterocycles. The van der Waals surface area contributed by atoms with Crippen LogP contribution in [-0.4, -0.2) is 34.5 Å². The van der Waals surface area contributed by atoms with Crippen molar-refractivity contribution in [2.24, 2.45) is 5.73 Å². The number of hydrogen-bond acceptors (Lipinski definition) is 5. The van der Waals surface area contributed by atoms with Crippen LogP contribution in [0.25, 0.3) is 0 Å². The molecule has 1 aliphatic rings. The molecule has 1 saturated heterocycles.